The van der Waals surface area contributed by atoms with Crippen molar-refractivity contribution in [3.63, 3.8) is 0 Å². The minimum Gasteiger partial charge on any atom is -0.478 e. The van der Waals surface area contributed by atoms with Gasteiger partial charge in [0.1, 0.15) is 0 Å². The second kappa shape index (κ2) is 5.29. The molecule has 1 rings (SSSR count). The van der Waals surface area contributed by atoms with Crippen molar-refractivity contribution in [2.45, 2.75) is 26.7 Å². The molecule has 0 saturated carbocycles. The third kappa shape index (κ3) is 4.39. The molecule has 0 aromatic carbocycles. The summed E-state index contributed by atoms with van der Waals surface area (Å²) in [5, 5.41) is 15.9. The first-order chi connectivity index (χ1) is 7.08. The number of hydrogen-bond acceptors (Lipinski definition) is 4. The van der Waals surface area contributed by atoms with Crippen LogP contribution in [0, 0.1) is 5.92 Å². The standard InChI is InChI=1S/C10H14N2O3/c1-7(2)3-4-8-11-12-9(15-8)5-6-10(13)14/h5-7H,3-4H2,1-2H3,(H,13,14)/b6-5+. The topological polar surface area (TPSA) is 76.2 Å². The summed E-state index contributed by atoms with van der Waals surface area (Å²) in [7, 11) is 0. The first kappa shape index (κ1) is 11.4. The van der Waals surface area contributed by atoms with Gasteiger partial charge in [0.05, 0.1) is 0 Å². The van der Waals surface area contributed by atoms with Gasteiger partial charge in [-0.05, 0) is 12.3 Å². The van der Waals surface area contributed by atoms with Crippen LogP contribution < -0.4 is 0 Å². The Bertz CT molecular complexity index is 355. The Hall–Kier alpha value is -1.65. The van der Waals surface area contributed by atoms with E-state index < -0.39 is 5.97 Å². The average Bonchev–Trinajstić information content (AvgIpc) is 2.59. The zero-order chi connectivity index (χ0) is 11.3. The highest BCUT2D eigenvalue weighted by molar-refractivity contribution is 5.84. The molecule has 15 heavy (non-hydrogen) atoms. The molecule has 0 unspecified atom stereocenters. The molecule has 1 heterocycles. The molecule has 0 aliphatic rings. The summed E-state index contributed by atoms with van der Waals surface area (Å²) in [5.74, 6) is 0.330. The number of rotatable bonds is 5. The van der Waals surface area contributed by atoms with E-state index in [1.807, 2.05) is 0 Å². The lowest BCUT2D eigenvalue weighted by Crippen LogP contribution is -1.91. The van der Waals surface area contributed by atoms with Crippen LogP contribution in [-0.2, 0) is 11.2 Å². The summed E-state index contributed by atoms with van der Waals surface area (Å²) in [4.78, 5) is 10.2. The summed E-state index contributed by atoms with van der Waals surface area (Å²) in [5.41, 5.74) is 0. The van der Waals surface area contributed by atoms with Crippen LogP contribution in [0.25, 0.3) is 6.08 Å². The zero-order valence-corrected chi connectivity index (χ0v) is 8.80. The summed E-state index contributed by atoms with van der Waals surface area (Å²) >= 11 is 0. The van der Waals surface area contributed by atoms with E-state index in [9.17, 15) is 4.79 Å². The third-order valence-corrected chi connectivity index (χ3v) is 1.79. The van der Waals surface area contributed by atoms with Gasteiger partial charge in [-0.2, -0.15) is 0 Å². The molecule has 5 heteroatoms. The number of aryl methyl sites for hydroxylation is 1. The van der Waals surface area contributed by atoms with E-state index >= 15 is 0 Å². The van der Waals surface area contributed by atoms with Gasteiger partial charge >= 0.3 is 5.97 Å². The predicted molar refractivity (Wildman–Crippen MR) is 54.1 cm³/mol. The molecule has 0 radical (unpaired) electrons. The SMILES string of the molecule is CC(C)CCc1nnc(/C=C/C(=O)O)o1. The lowest BCUT2D eigenvalue weighted by molar-refractivity contribution is -0.131. The van der Waals surface area contributed by atoms with Crippen LogP contribution in [0.5, 0.6) is 0 Å². The summed E-state index contributed by atoms with van der Waals surface area (Å²) < 4.78 is 5.21. The highest BCUT2D eigenvalue weighted by Gasteiger charge is 2.04. The lowest BCUT2D eigenvalue weighted by atomic mass is 10.1. The van der Waals surface area contributed by atoms with E-state index in [0.29, 0.717) is 11.8 Å². The van der Waals surface area contributed by atoms with Crippen molar-refractivity contribution >= 4 is 12.0 Å². The number of carbonyl (C=O) groups is 1. The van der Waals surface area contributed by atoms with Gasteiger partial charge in [0.25, 0.3) is 0 Å². The molecule has 1 aromatic heterocycles. The van der Waals surface area contributed by atoms with Crippen LogP contribution in [0.2, 0.25) is 0 Å². The van der Waals surface area contributed by atoms with Gasteiger partial charge in [-0.15, -0.1) is 10.2 Å². The third-order valence-electron chi connectivity index (χ3n) is 1.79. The van der Waals surface area contributed by atoms with Crippen molar-refractivity contribution in [2.24, 2.45) is 5.92 Å². The van der Waals surface area contributed by atoms with Gasteiger partial charge in [0.2, 0.25) is 11.8 Å². The predicted octanol–water partition coefficient (Wildman–Crippen LogP) is 1.76. The number of hydrogen-bond donors (Lipinski definition) is 1. The van der Waals surface area contributed by atoms with Crippen molar-refractivity contribution in [1.29, 1.82) is 0 Å². The van der Waals surface area contributed by atoms with Gasteiger partial charge < -0.3 is 9.52 Å². The number of carboxylic acids is 1. The van der Waals surface area contributed by atoms with Crippen LogP contribution in [0.15, 0.2) is 10.5 Å². The molecule has 5 nitrogen and oxygen atoms in total. The lowest BCUT2D eigenvalue weighted by Gasteiger charge is -1.98. The highest BCUT2D eigenvalue weighted by atomic mass is 16.4. The minimum absolute atomic E-state index is 0.233. The highest BCUT2D eigenvalue weighted by Crippen LogP contribution is 2.08. The van der Waals surface area contributed by atoms with Crippen molar-refractivity contribution < 1.29 is 14.3 Å². The fourth-order valence-corrected chi connectivity index (χ4v) is 0.990. The van der Waals surface area contributed by atoms with Crippen molar-refractivity contribution in [1.82, 2.24) is 10.2 Å². The molecule has 0 aliphatic carbocycles. The number of aliphatic carboxylic acids is 1. The van der Waals surface area contributed by atoms with Gasteiger partial charge in [-0.1, -0.05) is 13.8 Å². The summed E-state index contributed by atoms with van der Waals surface area (Å²) in [6.07, 6.45) is 3.96. The molecule has 0 spiro atoms. The molecule has 0 amide bonds. The van der Waals surface area contributed by atoms with E-state index in [1.165, 1.54) is 6.08 Å². The molecule has 82 valence electrons. The first-order valence-electron chi connectivity index (χ1n) is 4.81. The average molecular weight is 210 g/mol. The van der Waals surface area contributed by atoms with Crippen LogP contribution in [0.1, 0.15) is 32.0 Å². The van der Waals surface area contributed by atoms with Crippen LogP contribution in [0.4, 0.5) is 0 Å². The van der Waals surface area contributed by atoms with E-state index in [2.05, 4.69) is 24.0 Å². The molecule has 0 atom stereocenters. The fraction of sp³-hybridized carbons (Fsp3) is 0.500. The smallest absolute Gasteiger partial charge is 0.328 e. The quantitative estimate of drug-likeness (QED) is 0.749. The van der Waals surface area contributed by atoms with E-state index in [-0.39, 0.29) is 5.89 Å². The fourth-order valence-electron chi connectivity index (χ4n) is 0.990. The molecular weight excluding hydrogens is 196 g/mol. The minimum atomic E-state index is -1.03. The molecule has 1 N–H and O–H groups in total. The number of aromatic nitrogens is 2. The molecular formula is C10H14N2O3. The molecule has 0 bridgehead atoms. The second-order valence-electron chi connectivity index (χ2n) is 3.64. The normalized spacial score (nSPS) is 11.4. The summed E-state index contributed by atoms with van der Waals surface area (Å²) in [6, 6.07) is 0. The van der Waals surface area contributed by atoms with Gasteiger partial charge in [0, 0.05) is 18.6 Å². The molecule has 0 saturated heterocycles. The van der Waals surface area contributed by atoms with Crippen molar-refractivity contribution in [2.75, 3.05) is 0 Å². The Balaban J connectivity index is 2.52. The van der Waals surface area contributed by atoms with Gasteiger partial charge in [-0.25, -0.2) is 4.79 Å². The largest absolute Gasteiger partial charge is 0.478 e. The number of nitrogens with zero attached hydrogens (tertiary/aromatic N) is 2. The maximum atomic E-state index is 10.2. The Kier molecular flexibility index (Phi) is 4.03. The maximum absolute atomic E-state index is 10.2. The van der Waals surface area contributed by atoms with Gasteiger partial charge in [-0.3, -0.25) is 0 Å². The molecule has 0 fully saturated rings. The molecule has 0 aliphatic heterocycles. The Morgan fingerprint density at radius 3 is 2.87 bits per heavy atom. The Morgan fingerprint density at radius 1 is 1.53 bits per heavy atom. The second-order valence-corrected chi connectivity index (χ2v) is 3.64. The maximum Gasteiger partial charge on any atom is 0.328 e. The van der Waals surface area contributed by atoms with E-state index in [4.69, 9.17) is 9.52 Å². The summed E-state index contributed by atoms with van der Waals surface area (Å²) in [6.45, 7) is 4.23. The monoisotopic (exact) mass is 210 g/mol. The van der Waals surface area contributed by atoms with Crippen molar-refractivity contribution in [3.05, 3.63) is 17.9 Å². The van der Waals surface area contributed by atoms with E-state index in [0.717, 1.165) is 18.9 Å². The zero-order valence-electron chi connectivity index (χ0n) is 8.80. The molecule has 1 aromatic rings. The van der Waals surface area contributed by atoms with Crippen LogP contribution >= 0.6 is 0 Å². The Labute approximate surface area is 87.8 Å². The Morgan fingerprint density at radius 2 is 2.27 bits per heavy atom. The van der Waals surface area contributed by atoms with Crippen LogP contribution in [-0.4, -0.2) is 21.3 Å². The first-order valence-corrected chi connectivity index (χ1v) is 4.81. The van der Waals surface area contributed by atoms with Crippen LogP contribution in [0.3, 0.4) is 0 Å². The van der Waals surface area contributed by atoms with Crippen molar-refractivity contribution in [3.8, 4) is 0 Å². The van der Waals surface area contributed by atoms with E-state index in [1.54, 1.807) is 0 Å². The number of carboxylic acid groups (broad SMARTS) is 1. The van der Waals surface area contributed by atoms with Gasteiger partial charge in [0.15, 0.2) is 0 Å².